The molecule has 6 heteroatoms. The smallest absolute Gasteiger partial charge is 0.321 e. The average Bonchev–Trinajstić information content (AvgIpc) is 3.69. The molecule has 6 nitrogen and oxygen atoms in total. The van der Waals surface area contributed by atoms with Gasteiger partial charge in [0.25, 0.3) is 0 Å². The fourth-order valence-corrected chi connectivity index (χ4v) is 5.22. The van der Waals surface area contributed by atoms with Gasteiger partial charge in [0.05, 0.1) is 13.2 Å². The Balaban J connectivity index is 1.33. The maximum absolute atomic E-state index is 13.8. The van der Waals surface area contributed by atoms with E-state index in [9.17, 15) is 4.79 Å². The maximum Gasteiger partial charge on any atom is 0.321 e. The van der Waals surface area contributed by atoms with Crippen LogP contribution >= 0.6 is 0 Å². The van der Waals surface area contributed by atoms with Crippen molar-refractivity contribution in [3.63, 3.8) is 0 Å². The average molecular weight is 487 g/mol. The van der Waals surface area contributed by atoms with Crippen molar-refractivity contribution in [2.24, 2.45) is 0 Å². The molecule has 1 aliphatic carbocycles. The van der Waals surface area contributed by atoms with E-state index in [2.05, 4.69) is 34.1 Å². The summed E-state index contributed by atoms with van der Waals surface area (Å²) < 4.78 is 17.3. The van der Waals surface area contributed by atoms with Gasteiger partial charge in [-0.25, -0.2) is 0 Å². The van der Waals surface area contributed by atoms with Crippen LogP contribution in [0.15, 0.2) is 84.9 Å². The van der Waals surface area contributed by atoms with E-state index < -0.39 is 11.6 Å². The van der Waals surface area contributed by atoms with Gasteiger partial charge >= 0.3 is 5.97 Å². The standard InChI is InChI=1S/C30H34N2O4/c1-34-26-15-13-25(14-16-26)30(21-27(30)35-2)29(33)36-28(24-11-7-4-8-12-24)32-19-17-31(18-20-32)22-23-9-5-3-6-10-23/h3-16,27-28H,17-22H2,1-2H3/t27-,28?,30-/m1/s1. The van der Waals surface area contributed by atoms with Crippen molar-refractivity contribution < 1.29 is 19.0 Å². The molecular weight excluding hydrogens is 452 g/mol. The number of methoxy groups -OCH3 is 2. The molecule has 1 heterocycles. The Hall–Kier alpha value is -3.19. The van der Waals surface area contributed by atoms with Crippen LogP contribution in [0.2, 0.25) is 0 Å². The molecule has 0 spiro atoms. The molecule has 0 N–H and O–H groups in total. The molecule has 0 radical (unpaired) electrons. The third-order valence-electron chi connectivity index (χ3n) is 7.44. The summed E-state index contributed by atoms with van der Waals surface area (Å²) in [4.78, 5) is 18.5. The Bertz CT molecular complexity index is 1130. The van der Waals surface area contributed by atoms with E-state index in [4.69, 9.17) is 14.2 Å². The van der Waals surface area contributed by atoms with Crippen molar-refractivity contribution in [3.05, 3.63) is 102 Å². The number of benzene rings is 3. The van der Waals surface area contributed by atoms with Crippen LogP contribution in [0.1, 0.15) is 29.3 Å². The number of rotatable bonds is 9. The molecule has 1 unspecified atom stereocenters. The molecule has 2 fully saturated rings. The van der Waals surface area contributed by atoms with Crippen molar-refractivity contribution in [2.45, 2.75) is 30.7 Å². The molecule has 2 aliphatic rings. The number of carbonyl (C=O) groups is 1. The zero-order chi connectivity index (χ0) is 25.0. The minimum Gasteiger partial charge on any atom is -0.497 e. The zero-order valence-electron chi connectivity index (χ0n) is 21.0. The SMILES string of the molecule is COc1ccc([C@]2(C(=O)OC(c3ccccc3)N3CCN(Cc4ccccc4)CC3)C[C@H]2OC)cc1. The van der Waals surface area contributed by atoms with Crippen LogP contribution in [0.5, 0.6) is 5.75 Å². The van der Waals surface area contributed by atoms with Gasteiger partial charge in [0.2, 0.25) is 0 Å². The fraction of sp³-hybridized carbons (Fsp3) is 0.367. The predicted molar refractivity (Wildman–Crippen MR) is 139 cm³/mol. The molecule has 1 saturated heterocycles. The van der Waals surface area contributed by atoms with Gasteiger partial charge in [-0.05, 0) is 29.7 Å². The summed E-state index contributed by atoms with van der Waals surface area (Å²) in [5.74, 6) is 0.521. The van der Waals surface area contributed by atoms with Crippen molar-refractivity contribution in [2.75, 3.05) is 40.4 Å². The van der Waals surface area contributed by atoms with Gasteiger partial charge in [0, 0.05) is 45.4 Å². The second kappa shape index (κ2) is 10.8. The summed E-state index contributed by atoms with van der Waals surface area (Å²) in [6, 6.07) is 28.3. The number of esters is 1. The second-order valence-corrected chi connectivity index (χ2v) is 9.59. The molecular formula is C30H34N2O4. The van der Waals surface area contributed by atoms with E-state index >= 15 is 0 Å². The first-order valence-electron chi connectivity index (χ1n) is 12.6. The third kappa shape index (κ3) is 5.03. The summed E-state index contributed by atoms with van der Waals surface area (Å²) in [5.41, 5.74) is 2.42. The number of hydrogen-bond donors (Lipinski definition) is 0. The predicted octanol–water partition coefficient (Wildman–Crippen LogP) is 4.41. The Morgan fingerprint density at radius 2 is 1.53 bits per heavy atom. The lowest BCUT2D eigenvalue weighted by atomic mass is 9.95. The first kappa shape index (κ1) is 24.5. The molecule has 0 bridgehead atoms. The molecule has 3 atom stereocenters. The Labute approximate surface area is 213 Å². The highest BCUT2D eigenvalue weighted by Crippen LogP contribution is 2.52. The maximum atomic E-state index is 13.8. The van der Waals surface area contributed by atoms with Gasteiger partial charge in [-0.15, -0.1) is 0 Å². The van der Waals surface area contributed by atoms with Gasteiger partial charge < -0.3 is 14.2 Å². The molecule has 0 aromatic heterocycles. The summed E-state index contributed by atoms with van der Waals surface area (Å²) in [7, 11) is 3.29. The zero-order valence-corrected chi connectivity index (χ0v) is 21.0. The van der Waals surface area contributed by atoms with Crippen LogP contribution in [0.3, 0.4) is 0 Å². The van der Waals surface area contributed by atoms with E-state index in [1.165, 1.54) is 5.56 Å². The van der Waals surface area contributed by atoms with Crippen molar-refractivity contribution in [3.8, 4) is 5.75 Å². The normalized spacial score (nSPS) is 23.1. The molecule has 1 aliphatic heterocycles. The topological polar surface area (TPSA) is 51.2 Å². The molecule has 3 aromatic rings. The second-order valence-electron chi connectivity index (χ2n) is 9.59. The monoisotopic (exact) mass is 486 g/mol. The summed E-state index contributed by atoms with van der Waals surface area (Å²) in [6.07, 6.45) is -0.0237. The van der Waals surface area contributed by atoms with Gasteiger partial charge in [0.1, 0.15) is 11.2 Å². The summed E-state index contributed by atoms with van der Waals surface area (Å²) in [6.45, 7) is 4.41. The van der Waals surface area contributed by atoms with E-state index in [1.807, 2.05) is 60.7 Å². The van der Waals surface area contributed by atoms with E-state index in [1.54, 1.807) is 14.2 Å². The Morgan fingerprint density at radius 3 is 2.11 bits per heavy atom. The third-order valence-corrected chi connectivity index (χ3v) is 7.44. The highest BCUT2D eigenvalue weighted by molar-refractivity contribution is 5.88. The van der Waals surface area contributed by atoms with Crippen LogP contribution < -0.4 is 4.74 Å². The summed E-state index contributed by atoms with van der Waals surface area (Å²) >= 11 is 0. The van der Waals surface area contributed by atoms with Crippen molar-refractivity contribution in [1.29, 1.82) is 0 Å². The van der Waals surface area contributed by atoms with Gasteiger partial charge in [-0.2, -0.15) is 0 Å². The quantitative estimate of drug-likeness (QED) is 0.418. The van der Waals surface area contributed by atoms with Crippen LogP contribution in [-0.4, -0.2) is 62.3 Å². The van der Waals surface area contributed by atoms with E-state index in [0.29, 0.717) is 6.42 Å². The van der Waals surface area contributed by atoms with Crippen LogP contribution in [0.4, 0.5) is 0 Å². The fourth-order valence-electron chi connectivity index (χ4n) is 5.22. The minimum absolute atomic E-state index is 0.197. The minimum atomic E-state index is -0.789. The lowest BCUT2D eigenvalue weighted by Gasteiger charge is -2.39. The molecule has 1 saturated carbocycles. The number of carbonyl (C=O) groups excluding carboxylic acids is 1. The molecule has 188 valence electrons. The van der Waals surface area contributed by atoms with Gasteiger partial charge in [-0.3, -0.25) is 14.6 Å². The van der Waals surface area contributed by atoms with Gasteiger partial charge in [-0.1, -0.05) is 72.8 Å². The highest BCUT2D eigenvalue weighted by Gasteiger charge is 2.64. The van der Waals surface area contributed by atoms with Crippen LogP contribution in [0, 0.1) is 0 Å². The molecule has 5 rings (SSSR count). The van der Waals surface area contributed by atoms with Crippen molar-refractivity contribution >= 4 is 5.97 Å². The number of piperazine rings is 1. The number of hydrogen-bond acceptors (Lipinski definition) is 6. The lowest BCUT2D eigenvalue weighted by molar-refractivity contribution is -0.167. The lowest BCUT2D eigenvalue weighted by Crippen LogP contribution is -2.48. The molecule has 3 aromatic carbocycles. The van der Waals surface area contributed by atoms with E-state index in [0.717, 1.165) is 49.6 Å². The van der Waals surface area contributed by atoms with Gasteiger partial charge in [0.15, 0.2) is 6.23 Å². The largest absolute Gasteiger partial charge is 0.497 e. The number of ether oxygens (including phenoxy) is 3. The Morgan fingerprint density at radius 1 is 0.889 bits per heavy atom. The van der Waals surface area contributed by atoms with Crippen molar-refractivity contribution in [1.82, 2.24) is 9.80 Å². The molecule has 36 heavy (non-hydrogen) atoms. The first-order chi connectivity index (χ1) is 17.6. The summed E-state index contributed by atoms with van der Waals surface area (Å²) in [5, 5.41) is 0. The highest BCUT2D eigenvalue weighted by atomic mass is 16.6. The van der Waals surface area contributed by atoms with E-state index in [-0.39, 0.29) is 12.1 Å². The van der Waals surface area contributed by atoms with Crippen LogP contribution in [0.25, 0.3) is 0 Å². The van der Waals surface area contributed by atoms with Crippen LogP contribution in [-0.2, 0) is 26.2 Å². The first-order valence-corrected chi connectivity index (χ1v) is 12.6. The number of nitrogens with zero attached hydrogens (tertiary/aromatic N) is 2. The molecule has 0 amide bonds. The Kier molecular flexibility index (Phi) is 7.37.